The first-order chi connectivity index (χ1) is 8.24. The molecule has 0 unspecified atom stereocenters. The summed E-state index contributed by atoms with van der Waals surface area (Å²) in [5.41, 5.74) is 0.930. The monoisotopic (exact) mass is 238 g/mol. The molecule has 0 bridgehead atoms. The Hall–Kier alpha value is -1.38. The van der Waals surface area contributed by atoms with Gasteiger partial charge in [0.05, 0.1) is 12.2 Å². The van der Waals surface area contributed by atoms with Crippen molar-refractivity contribution in [3.8, 4) is 0 Å². The number of hydrogen-bond donors (Lipinski definition) is 0. The quantitative estimate of drug-likeness (QED) is 0.807. The molecule has 1 aromatic heterocycles. The first-order valence-corrected chi connectivity index (χ1v) is 6.39. The lowest BCUT2D eigenvalue weighted by molar-refractivity contribution is -0.129. The lowest BCUT2D eigenvalue weighted by Gasteiger charge is -2.17. The fourth-order valence-corrected chi connectivity index (χ4v) is 1.13. The van der Waals surface area contributed by atoms with E-state index >= 15 is 0 Å². The Balaban J connectivity index is 0. The van der Waals surface area contributed by atoms with Crippen molar-refractivity contribution in [1.82, 2.24) is 9.88 Å². The minimum Gasteiger partial charge on any atom is -0.337 e. The van der Waals surface area contributed by atoms with Gasteiger partial charge in [0.2, 0.25) is 5.91 Å². The molecule has 0 spiro atoms. The Labute approximate surface area is 106 Å². The molecule has 1 amide bonds. The fraction of sp³-hybridized carbons (Fsp3) is 0.571. The average molecular weight is 238 g/mol. The zero-order chi connectivity index (χ0) is 13.7. The third kappa shape index (κ3) is 8.43. The summed E-state index contributed by atoms with van der Waals surface area (Å²) in [5.74, 6) is 0.0909. The molecule has 1 aromatic rings. The SMILES string of the molecule is CC.CC.CCN(Cc1ccccn1)C(C)=O. The second-order valence-electron chi connectivity index (χ2n) is 2.85. The van der Waals surface area contributed by atoms with Gasteiger partial charge in [-0.05, 0) is 19.1 Å². The van der Waals surface area contributed by atoms with Crippen LogP contribution in [0.25, 0.3) is 0 Å². The zero-order valence-corrected chi connectivity index (χ0v) is 12.0. The smallest absolute Gasteiger partial charge is 0.219 e. The van der Waals surface area contributed by atoms with Crippen LogP contribution in [0.5, 0.6) is 0 Å². The van der Waals surface area contributed by atoms with Gasteiger partial charge in [-0.2, -0.15) is 0 Å². The van der Waals surface area contributed by atoms with E-state index < -0.39 is 0 Å². The molecular weight excluding hydrogens is 212 g/mol. The largest absolute Gasteiger partial charge is 0.337 e. The van der Waals surface area contributed by atoms with Crippen molar-refractivity contribution in [2.45, 2.75) is 48.1 Å². The topological polar surface area (TPSA) is 33.2 Å². The molecule has 17 heavy (non-hydrogen) atoms. The maximum absolute atomic E-state index is 11.1. The summed E-state index contributed by atoms with van der Waals surface area (Å²) < 4.78 is 0. The van der Waals surface area contributed by atoms with Gasteiger partial charge in [0.25, 0.3) is 0 Å². The maximum Gasteiger partial charge on any atom is 0.219 e. The Kier molecular flexibility index (Phi) is 13.4. The molecule has 0 N–H and O–H groups in total. The van der Waals surface area contributed by atoms with Crippen LogP contribution in [0.4, 0.5) is 0 Å². The lowest BCUT2D eigenvalue weighted by Crippen LogP contribution is -2.28. The van der Waals surface area contributed by atoms with E-state index in [9.17, 15) is 4.79 Å². The molecule has 0 radical (unpaired) electrons. The lowest BCUT2D eigenvalue weighted by atomic mass is 10.3. The highest BCUT2D eigenvalue weighted by Crippen LogP contribution is 2.00. The van der Waals surface area contributed by atoms with Gasteiger partial charge < -0.3 is 4.90 Å². The van der Waals surface area contributed by atoms with Crippen molar-refractivity contribution >= 4 is 5.91 Å². The van der Waals surface area contributed by atoms with Crippen LogP contribution in [-0.2, 0) is 11.3 Å². The molecule has 0 aliphatic rings. The van der Waals surface area contributed by atoms with Gasteiger partial charge in [-0.25, -0.2) is 0 Å². The van der Waals surface area contributed by atoms with Crippen LogP contribution in [-0.4, -0.2) is 22.3 Å². The van der Waals surface area contributed by atoms with Crippen molar-refractivity contribution in [2.24, 2.45) is 0 Å². The molecule has 0 aromatic carbocycles. The van der Waals surface area contributed by atoms with Gasteiger partial charge in [0, 0.05) is 19.7 Å². The van der Waals surface area contributed by atoms with E-state index in [1.807, 2.05) is 52.8 Å². The third-order valence-electron chi connectivity index (χ3n) is 1.91. The van der Waals surface area contributed by atoms with Gasteiger partial charge in [-0.15, -0.1) is 0 Å². The standard InChI is InChI=1S/C10H14N2O.2C2H6/c1-3-12(9(2)13)8-10-6-4-5-7-11-10;2*1-2/h4-7H,3,8H2,1-2H3;2*1-2H3. The number of rotatable bonds is 3. The molecule has 1 rings (SSSR count). The summed E-state index contributed by atoms with van der Waals surface area (Å²) in [6.45, 7) is 12.9. The van der Waals surface area contributed by atoms with Crippen molar-refractivity contribution in [3.63, 3.8) is 0 Å². The van der Waals surface area contributed by atoms with Crippen LogP contribution >= 0.6 is 0 Å². The minimum absolute atomic E-state index is 0.0909. The van der Waals surface area contributed by atoms with E-state index in [2.05, 4.69) is 4.98 Å². The molecule has 0 aliphatic heterocycles. The number of hydrogen-bond acceptors (Lipinski definition) is 2. The Morgan fingerprint density at radius 3 is 2.18 bits per heavy atom. The average Bonchev–Trinajstić information content (AvgIpc) is 2.41. The summed E-state index contributed by atoms with van der Waals surface area (Å²) in [5, 5.41) is 0. The Bertz CT molecular complexity index is 273. The second kappa shape index (κ2) is 12.7. The van der Waals surface area contributed by atoms with Crippen molar-refractivity contribution in [2.75, 3.05) is 6.54 Å². The molecule has 3 nitrogen and oxygen atoms in total. The molecular formula is C14H26N2O. The van der Waals surface area contributed by atoms with Gasteiger partial charge in [-0.1, -0.05) is 33.8 Å². The molecule has 3 heteroatoms. The number of carbonyl (C=O) groups is 1. The summed E-state index contributed by atoms with van der Waals surface area (Å²) in [6, 6.07) is 5.72. The predicted molar refractivity (Wildman–Crippen MR) is 73.7 cm³/mol. The number of amides is 1. The predicted octanol–water partition coefficient (Wildman–Crippen LogP) is 3.50. The first kappa shape index (κ1) is 18.0. The molecule has 1 heterocycles. The minimum atomic E-state index is 0.0909. The molecule has 0 fully saturated rings. The van der Waals surface area contributed by atoms with Crippen molar-refractivity contribution in [1.29, 1.82) is 0 Å². The van der Waals surface area contributed by atoms with Crippen LogP contribution in [0.3, 0.4) is 0 Å². The fourth-order valence-electron chi connectivity index (χ4n) is 1.13. The zero-order valence-electron chi connectivity index (χ0n) is 12.0. The van der Waals surface area contributed by atoms with Gasteiger partial charge in [0.15, 0.2) is 0 Å². The van der Waals surface area contributed by atoms with Crippen LogP contribution < -0.4 is 0 Å². The molecule has 0 aliphatic carbocycles. The summed E-state index contributed by atoms with van der Waals surface area (Å²) in [7, 11) is 0. The molecule has 0 saturated carbocycles. The van der Waals surface area contributed by atoms with Crippen LogP contribution in [0.15, 0.2) is 24.4 Å². The van der Waals surface area contributed by atoms with Crippen LogP contribution in [0.1, 0.15) is 47.2 Å². The Morgan fingerprint density at radius 1 is 1.24 bits per heavy atom. The van der Waals surface area contributed by atoms with Crippen molar-refractivity contribution in [3.05, 3.63) is 30.1 Å². The van der Waals surface area contributed by atoms with E-state index in [0.29, 0.717) is 6.54 Å². The Morgan fingerprint density at radius 2 is 1.82 bits per heavy atom. The summed E-state index contributed by atoms with van der Waals surface area (Å²) in [6.07, 6.45) is 1.74. The highest BCUT2D eigenvalue weighted by atomic mass is 16.2. The molecule has 98 valence electrons. The van der Waals surface area contributed by atoms with E-state index in [4.69, 9.17) is 0 Å². The highest BCUT2D eigenvalue weighted by Gasteiger charge is 2.06. The maximum atomic E-state index is 11.1. The van der Waals surface area contributed by atoms with Crippen LogP contribution in [0, 0.1) is 0 Å². The molecule has 0 atom stereocenters. The first-order valence-electron chi connectivity index (χ1n) is 6.39. The third-order valence-corrected chi connectivity index (χ3v) is 1.91. The normalized spacial score (nSPS) is 8.12. The highest BCUT2D eigenvalue weighted by molar-refractivity contribution is 5.73. The summed E-state index contributed by atoms with van der Waals surface area (Å²) >= 11 is 0. The number of pyridine rings is 1. The number of carbonyl (C=O) groups excluding carboxylic acids is 1. The number of nitrogens with zero attached hydrogens (tertiary/aromatic N) is 2. The van der Waals surface area contributed by atoms with E-state index in [-0.39, 0.29) is 5.91 Å². The summed E-state index contributed by atoms with van der Waals surface area (Å²) in [4.78, 5) is 17.0. The van der Waals surface area contributed by atoms with E-state index in [0.717, 1.165) is 12.2 Å². The second-order valence-corrected chi connectivity index (χ2v) is 2.85. The van der Waals surface area contributed by atoms with Crippen LogP contribution in [0.2, 0.25) is 0 Å². The van der Waals surface area contributed by atoms with Gasteiger partial charge in [-0.3, -0.25) is 9.78 Å². The van der Waals surface area contributed by atoms with Gasteiger partial charge in [0.1, 0.15) is 0 Å². The molecule has 0 saturated heterocycles. The van der Waals surface area contributed by atoms with E-state index in [1.54, 1.807) is 18.0 Å². The number of aromatic nitrogens is 1. The van der Waals surface area contributed by atoms with E-state index in [1.165, 1.54) is 0 Å². The van der Waals surface area contributed by atoms with Gasteiger partial charge >= 0.3 is 0 Å². The van der Waals surface area contributed by atoms with Crippen molar-refractivity contribution < 1.29 is 4.79 Å².